The Kier molecular flexibility index (Phi) is 27.0. The van der Waals surface area contributed by atoms with Gasteiger partial charge in [0.1, 0.15) is 0 Å². The maximum absolute atomic E-state index is 6.14. The first kappa shape index (κ1) is 34.1. The van der Waals surface area contributed by atoms with Crippen LogP contribution >= 0.6 is 0 Å². The molecule has 0 unspecified atom stereocenters. The Bertz CT molecular complexity index is 395. The lowest BCUT2D eigenvalue weighted by Crippen LogP contribution is -2.37. The third-order valence-corrected chi connectivity index (χ3v) is 6.50. The summed E-state index contributed by atoms with van der Waals surface area (Å²) in [6.45, 7) is 15.5. The predicted octanol–water partition coefficient (Wildman–Crippen LogP) is 10.5. The molecule has 0 aliphatic heterocycles. The van der Waals surface area contributed by atoms with E-state index in [2.05, 4.69) is 19.7 Å². The Morgan fingerprint density at radius 3 is 0.886 bits per heavy atom. The molecule has 35 heavy (non-hydrogen) atoms. The lowest BCUT2D eigenvalue weighted by Gasteiger charge is -2.30. The smallest absolute Gasteiger partial charge is 0.279 e. The molecule has 0 bridgehead atoms. The molecule has 3 heteroatoms. The van der Waals surface area contributed by atoms with Crippen LogP contribution in [0.2, 0.25) is 0 Å². The first-order valence-corrected chi connectivity index (χ1v) is 14.9. The van der Waals surface area contributed by atoms with Crippen molar-refractivity contribution in [2.24, 2.45) is 0 Å². The van der Waals surface area contributed by atoms with Crippen LogP contribution in [0.1, 0.15) is 142 Å². The highest BCUT2D eigenvalue weighted by molar-refractivity contribution is 4.66. The van der Waals surface area contributed by atoms with Crippen molar-refractivity contribution < 1.29 is 14.2 Å². The molecule has 0 radical (unpaired) electrons. The van der Waals surface area contributed by atoms with E-state index in [1.165, 1.54) is 96.3 Å². The van der Waals surface area contributed by atoms with Gasteiger partial charge in [0.2, 0.25) is 0 Å². The van der Waals surface area contributed by atoms with E-state index in [1.807, 2.05) is 25.2 Å². The van der Waals surface area contributed by atoms with E-state index in [4.69, 9.17) is 14.2 Å². The topological polar surface area (TPSA) is 27.7 Å². The average molecular weight is 493 g/mol. The van der Waals surface area contributed by atoms with Crippen LogP contribution in [0.3, 0.4) is 0 Å². The molecule has 0 spiro atoms. The average Bonchev–Trinajstić information content (AvgIpc) is 2.86. The van der Waals surface area contributed by atoms with Gasteiger partial charge in [-0.1, -0.05) is 95.3 Å². The van der Waals surface area contributed by atoms with Crippen molar-refractivity contribution in [3.05, 3.63) is 38.0 Å². The minimum Gasteiger partial charge on any atom is -0.328 e. The van der Waals surface area contributed by atoms with Crippen LogP contribution in [0, 0.1) is 0 Å². The summed E-state index contributed by atoms with van der Waals surface area (Å²) in [5.74, 6) is -0.905. The fraction of sp³-hybridized carbons (Fsp3) is 0.812. The van der Waals surface area contributed by atoms with Gasteiger partial charge in [0.05, 0.1) is 19.8 Å². The monoisotopic (exact) mass is 492 g/mol. The van der Waals surface area contributed by atoms with Gasteiger partial charge in [-0.3, -0.25) is 0 Å². The maximum atomic E-state index is 6.14. The fourth-order valence-electron chi connectivity index (χ4n) is 4.19. The molecule has 3 nitrogen and oxygen atoms in total. The van der Waals surface area contributed by atoms with Gasteiger partial charge in [0, 0.05) is 6.92 Å². The zero-order valence-electron chi connectivity index (χ0n) is 23.5. The number of rotatable bonds is 30. The van der Waals surface area contributed by atoms with E-state index < -0.39 is 5.97 Å². The van der Waals surface area contributed by atoms with Crippen LogP contribution in [0.4, 0.5) is 0 Å². The number of unbranched alkanes of at least 4 members (excludes halogenated alkanes) is 18. The second kappa shape index (κ2) is 27.7. The summed E-state index contributed by atoms with van der Waals surface area (Å²) >= 11 is 0. The highest BCUT2D eigenvalue weighted by Crippen LogP contribution is 2.19. The van der Waals surface area contributed by atoms with Gasteiger partial charge in [-0.25, -0.2) is 0 Å². The normalized spacial score (nSPS) is 11.6. The third kappa shape index (κ3) is 26.0. The molecule has 0 heterocycles. The molecule has 0 N–H and O–H groups in total. The Labute approximate surface area is 219 Å². The molecule has 0 amide bonds. The molecule has 206 valence electrons. The van der Waals surface area contributed by atoms with E-state index in [0.717, 1.165) is 38.5 Å². The van der Waals surface area contributed by atoms with Crippen molar-refractivity contribution in [1.29, 1.82) is 0 Å². The molecule has 0 aliphatic rings. The van der Waals surface area contributed by atoms with Crippen LogP contribution in [0.25, 0.3) is 0 Å². The van der Waals surface area contributed by atoms with Crippen LogP contribution in [-0.4, -0.2) is 25.8 Å². The standard InChI is InChI=1S/C32H60O3/c1-5-8-11-14-17-20-23-26-29-33-32(4,34-30-27-24-21-18-15-12-9-6-2)35-31-28-25-22-19-16-13-10-7-3/h5-7H,1-3,8-31H2,4H3. The van der Waals surface area contributed by atoms with Crippen molar-refractivity contribution in [1.82, 2.24) is 0 Å². The van der Waals surface area contributed by atoms with E-state index in [1.54, 1.807) is 0 Å². The molecular formula is C32H60O3. The molecule has 0 atom stereocenters. The summed E-state index contributed by atoms with van der Waals surface area (Å²) < 4.78 is 18.4. The molecule has 0 fully saturated rings. The largest absolute Gasteiger partial charge is 0.328 e. The third-order valence-electron chi connectivity index (χ3n) is 6.50. The second-order valence-corrected chi connectivity index (χ2v) is 10.0. The van der Waals surface area contributed by atoms with Gasteiger partial charge in [-0.05, 0) is 57.8 Å². The number of hydrogen-bond donors (Lipinski definition) is 0. The molecule has 0 aromatic heterocycles. The molecule has 0 aliphatic carbocycles. The van der Waals surface area contributed by atoms with Gasteiger partial charge < -0.3 is 14.2 Å². The molecule has 0 rings (SSSR count). The van der Waals surface area contributed by atoms with E-state index in [9.17, 15) is 0 Å². The quantitative estimate of drug-likeness (QED) is 0.0567. The Morgan fingerprint density at radius 2 is 0.629 bits per heavy atom. The van der Waals surface area contributed by atoms with Crippen molar-refractivity contribution in [2.75, 3.05) is 19.8 Å². The molecule has 0 saturated heterocycles. The fourth-order valence-corrected chi connectivity index (χ4v) is 4.19. The summed E-state index contributed by atoms with van der Waals surface area (Å²) in [4.78, 5) is 0. The predicted molar refractivity (Wildman–Crippen MR) is 154 cm³/mol. The summed E-state index contributed by atoms with van der Waals surface area (Å²) in [5.41, 5.74) is 0. The van der Waals surface area contributed by atoms with Gasteiger partial charge in [0.15, 0.2) is 0 Å². The lowest BCUT2D eigenvalue weighted by atomic mass is 10.1. The van der Waals surface area contributed by atoms with E-state index in [-0.39, 0.29) is 0 Å². The van der Waals surface area contributed by atoms with Crippen molar-refractivity contribution in [3.8, 4) is 0 Å². The highest BCUT2D eigenvalue weighted by Gasteiger charge is 2.26. The maximum Gasteiger partial charge on any atom is 0.279 e. The minimum atomic E-state index is -0.905. The SMILES string of the molecule is C=CCCCCCCCCOC(C)(OCCCCCCCCC=C)OCCCCCCCCC=C. The van der Waals surface area contributed by atoms with Crippen LogP contribution in [0.5, 0.6) is 0 Å². The van der Waals surface area contributed by atoms with Gasteiger partial charge in [0.25, 0.3) is 5.97 Å². The highest BCUT2D eigenvalue weighted by atomic mass is 16.9. The van der Waals surface area contributed by atoms with E-state index in [0.29, 0.717) is 19.8 Å². The minimum absolute atomic E-state index is 0.704. The zero-order valence-corrected chi connectivity index (χ0v) is 23.5. The lowest BCUT2D eigenvalue weighted by molar-refractivity contribution is -0.370. The number of allylic oxidation sites excluding steroid dienone is 3. The first-order valence-electron chi connectivity index (χ1n) is 14.9. The van der Waals surface area contributed by atoms with Crippen LogP contribution in [-0.2, 0) is 14.2 Å². The Hall–Kier alpha value is -0.900. The first-order chi connectivity index (χ1) is 17.2. The summed E-state index contributed by atoms with van der Waals surface area (Å²) in [6.07, 6.45) is 31.8. The molecule has 0 aromatic carbocycles. The van der Waals surface area contributed by atoms with Crippen molar-refractivity contribution >= 4 is 0 Å². The molecular weight excluding hydrogens is 432 g/mol. The van der Waals surface area contributed by atoms with Gasteiger partial charge in [-0.15, -0.1) is 19.7 Å². The molecule has 0 saturated carbocycles. The Morgan fingerprint density at radius 1 is 0.400 bits per heavy atom. The Balaban J connectivity index is 4.08. The van der Waals surface area contributed by atoms with E-state index >= 15 is 0 Å². The summed E-state index contributed by atoms with van der Waals surface area (Å²) in [7, 11) is 0. The summed E-state index contributed by atoms with van der Waals surface area (Å²) in [5, 5.41) is 0. The number of hydrogen-bond acceptors (Lipinski definition) is 3. The zero-order chi connectivity index (χ0) is 25.7. The van der Waals surface area contributed by atoms with Crippen LogP contribution < -0.4 is 0 Å². The number of ether oxygens (including phenoxy) is 3. The van der Waals surface area contributed by atoms with Gasteiger partial charge in [-0.2, -0.15) is 0 Å². The molecule has 0 aromatic rings. The summed E-state index contributed by atoms with van der Waals surface area (Å²) in [6, 6.07) is 0. The van der Waals surface area contributed by atoms with Gasteiger partial charge >= 0.3 is 0 Å². The van der Waals surface area contributed by atoms with Crippen molar-refractivity contribution in [3.63, 3.8) is 0 Å². The van der Waals surface area contributed by atoms with Crippen molar-refractivity contribution in [2.45, 2.75) is 148 Å². The second-order valence-electron chi connectivity index (χ2n) is 10.0. The van der Waals surface area contributed by atoms with Crippen LogP contribution in [0.15, 0.2) is 38.0 Å².